The first-order valence-electron chi connectivity index (χ1n) is 14.2. The maximum atomic E-state index is 12.8. The first kappa shape index (κ1) is 24.0. The predicted molar refractivity (Wildman–Crippen MR) is 145 cm³/mol. The number of carbonyl (C=O) groups is 1. The van der Waals surface area contributed by atoms with Crippen LogP contribution in [0.15, 0.2) is 48.5 Å². The number of amides is 1. The van der Waals surface area contributed by atoms with E-state index >= 15 is 0 Å². The number of ether oxygens (including phenoxy) is 1. The lowest BCUT2D eigenvalue weighted by Crippen LogP contribution is -2.40. The van der Waals surface area contributed by atoms with Crippen molar-refractivity contribution in [1.29, 1.82) is 0 Å². The van der Waals surface area contributed by atoms with Gasteiger partial charge in [-0.2, -0.15) is 0 Å². The zero-order valence-corrected chi connectivity index (χ0v) is 21.7. The van der Waals surface area contributed by atoms with Crippen LogP contribution in [0.4, 0.5) is 11.4 Å². The molecule has 6 rings (SSSR count). The van der Waals surface area contributed by atoms with E-state index in [0.29, 0.717) is 24.3 Å². The molecular formula is C31H41N3O2. The molecule has 2 aliphatic carbocycles. The van der Waals surface area contributed by atoms with E-state index in [4.69, 9.17) is 4.74 Å². The number of nitrogens with one attached hydrogen (secondary N) is 1. The summed E-state index contributed by atoms with van der Waals surface area (Å²) >= 11 is 0. The normalized spacial score (nSPS) is 28.6. The Morgan fingerprint density at radius 3 is 2.36 bits per heavy atom. The molecule has 0 aromatic heterocycles. The van der Waals surface area contributed by atoms with Crippen molar-refractivity contribution in [3.05, 3.63) is 59.7 Å². The highest BCUT2D eigenvalue weighted by Gasteiger charge is 2.43. The topological polar surface area (TPSA) is 44.8 Å². The summed E-state index contributed by atoms with van der Waals surface area (Å²) < 4.78 is 5.87. The largest absolute Gasteiger partial charge is 0.374 e. The summed E-state index contributed by atoms with van der Waals surface area (Å²) in [7, 11) is 0. The summed E-state index contributed by atoms with van der Waals surface area (Å²) in [6, 6.07) is 17.7. The van der Waals surface area contributed by atoms with Gasteiger partial charge in [0, 0.05) is 48.7 Å². The third-order valence-corrected chi connectivity index (χ3v) is 9.29. The summed E-state index contributed by atoms with van der Waals surface area (Å²) in [6.07, 6.45) is 10.9. The van der Waals surface area contributed by atoms with Gasteiger partial charge >= 0.3 is 0 Å². The van der Waals surface area contributed by atoms with Crippen molar-refractivity contribution >= 4 is 17.3 Å². The molecule has 2 saturated heterocycles. The van der Waals surface area contributed by atoms with Gasteiger partial charge in [0.25, 0.3) is 5.91 Å². The highest BCUT2D eigenvalue weighted by atomic mass is 16.5. The minimum Gasteiger partial charge on any atom is -0.374 e. The van der Waals surface area contributed by atoms with Gasteiger partial charge in [-0.05, 0) is 105 Å². The summed E-state index contributed by atoms with van der Waals surface area (Å²) in [5, 5.41) is 3.07. The number of hydrogen-bond donors (Lipinski definition) is 1. The van der Waals surface area contributed by atoms with Crippen LogP contribution in [0.3, 0.4) is 0 Å². The molecule has 0 radical (unpaired) electrons. The fourth-order valence-corrected chi connectivity index (χ4v) is 6.66. The van der Waals surface area contributed by atoms with Crippen molar-refractivity contribution in [2.45, 2.75) is 83.1 Å². The maximum absolute atomic E-state index is 12.8. The van der Waals surface area contributed by atoms with Gasteiger partial charge in [0.2, 0.25) is 0 Å². The molecule has 5 nitrogen and oxygen atoms in total. The molecule has 2 aromatic rings. The Labute approximate surface area is 216 Å². The molecule has 1 N–H and O–H groups in total. The van der Waals surface area contributed by atoms with E-state index in [1.807, 2.05) is 24.3 Å². The number of carbonyl (C=O) groups excluding carboxylic acids is 1. The third-order valence-electron chi connectivity index (χ3n) is 9.29. The highest BCUT2D eigenvalue weighted by Crippen LogP contribution is 2.38. The lowest BCUT2D eigenvalue weighted by molar-refractivity contribution is -0.00866. The van der Waals surface area contributed by atoms with Crippen LogP contribution in [0.5, 0.6) is 0 Å². The average molecular weight is 488 g/mol. The zero-order valence-electron chi connectivity index (χ0n) is 21.7. The molecule has 2 aliphatic heterocycles. The summed E-state index contributed by atoms with van der Waals surface area (Å²) in [4.78, 5) is 18.2. The second-order valence-electron chi connectivity index (χ2n) is 11.7. The number of anilines is 2. The number of rotatable bonds is 7. The lowest BCUT2D eigenvalue weighted by Gasteiger charge is -2.35. The first-order valence-corrected chi connectivity index (χ1v) is 14.2. The first-order chi connectivity index (χ1) is 17.6. The highest BCUT2D eigenvalue weighted by molar-refractivity contribution is 6.04. The third kappa shape index (κ3) is 5.19. The second kappa shape index (κ2) is 10.5. The van der Waals surface area contributed by atoms with Gasteiger partial charge in [0.05, 0.1) is 12.7 Å². The van der Waals surface area contributed by atoms with E-state index < -0.39 is 0 Å². The van der Waals surface area contributed by atoms with Crippen LogP contribution >= 0.6 is 0 Å². The molecule has 0 bridgehead atoms. The number of fused-ring (bicyclic) bond motifs is 1. The monoisotopic (exact) mass is 487 g/mol. The molecule has 1 amide bonds. The Balaban J connectivity index is 1.02. The Bertz CT molecular complexity index is 1020. The van der Waals surface area contributed by atoms with Crippen LogP contribution in [0.25, 0.3) is 0 Å². The van der Waals surface area contributed by atoms with Gasteiger partial charge in [0.15, 0.2) is 0 Å². The maximum Gasteiger partial charge on any atom is 0.255 e. The molecule has 0 unspecified atom stereocenters. The summed E-state index contributed by atoms with van der Waals surface area (Å²) in [6.45, 7) is 6.67. The molecular weight excluding hydrogens is 446 g/mol. The lowest BCUT2D eigenvalue weighted by atomic mass is 9.87. The summed E-state index contributed by atoms with van der Waals surface area (Å²) in [5.41, 5.74) is 3.93. The van der Waals surface area contributed by atoms with E-state index in [-0.39, 0.29) is 5.91 Å². The van der Waals surface area contributed by atoms with E-state index in [2.05, 4.69) is 46.3 Å². The second-order valence-corrected chi connectivity index (χ2v) is 11.7. The van der Waals surface area contributed by atoms with Crippen molar-refractivity contribution < 1.29 is 9.53 Å². The van der Waals surface area contributed by atoms with E-state index in [9.17, 15) is 4.79 Å². The summed E-state index contributed by atoms with van der Waals surface area (Å²) in [5.74, 6) is 1.64. The number of benzene rings is 2. The molecule has 2 heterocycles. The average Bonchev–Trinajstić information content (AvgIpc) is 3.46. The molecule has 192 valence electrons. The number of likely N-dealkylation sites (tertiary alicyclic amines) is 1. The number of nitrogens with zero attached hydrogens (tertiary/aromatic N) is 2. The quantitative estimate of drug-likeness (QED) is 0.513. The van der Waals surface area contributed by atoms with Gasteiger partial charge < -0.3 is 15.0 Å². The molecule has 2 saturated carbocycles. The van der Waals surface area contributed by atoms with Crippen LogP contribution in [0, 0.1) is 11.8 Å². The Morgan fingerprint density at radius 1 is 0.917 bits per heavy atom. The molecule has 4 fully saturated rings. The smallest absolute Gasteiger partial charge is 0.255 e. The molecule has 4 aliphatic rings. The Kier molecular flexibility index (Phi) is 7.03. The number of hydrogen-bond acceptors (Lipinski definition) is 4. The van der Waals surface area contributed by atoms with Gasteiger partial charge in [-0.1, -0.05) is 19.1 Å². The van der Waals surface area contributed by atoms with E-state index in [1.54, 1.807) is 0 Å². The van der Waals surface area contributed by atoms with Crippen molar-refractivity contribution in [2.75, 3.05) is 29.9 Å². The Hall–Kier alpha value is -2.37. The molecule has 2 atom stereocenters. The molecule has 2 aromatic carbocycles. The molecule has 5 heteroatoms. The fraction of sp³-hybridized carbons (Fsp3) is 0.581. The molecule has 0 spiro atoms. The van der Waals surface area contributed by atoms with Crippen molar-refractivity contribution in [3.8, 4) is 0 Å². The van der Waals surface area contributed by atoms with Gasteiger partial charge in [-0.25, -0.2) is 0 Å². The van der Waals surface area contributed by atoms with Crippen molar-refractivity contribution in [2.24, 2.45) is 11.8 Å². The van der Waals surface area contributed by atoms with Gasteiger partial charge in [-0.3, -0.25) is 9.69 Å². The van der Waals surface area contributed by atoms with Crippen LogP contribution in [-0.2, 0) is 11.3 Å². The van der Waals surface area contributed by atoms with Crippen molar-refractivity contribution in [1.82, 2.24) is 4.90 Å². The Morgan fingerprint density at radius 2 is 1.67 bits per heavy atom. The predicted octanol–water partition coefficient (Wildman–Crippen LogP) is 6.10. The van der Waals surface area contributed by atoms with Crippen molar-refractivity contribution in [3.63, 3.8) is 0 Å². The van der Waals surface area contributed by atoms with Crippen LogP contribution in [0.1, 0.15) is 74.2 Å². The standard InChI is InChI=1S/C31H41N3O2/c1-22-5-13-27(14-6-22)33-19-25-17-18-34(30(25)20-33)28-15-11-26(12-16-28)32-31(35)24-9-7-23(8-10-24)21-36-29-3-2-4-29/h7-12,15-16,22,25,27,29-30H,2-6,13-14,17-21H2,1H3,(H,32,35)/t22?,25-,27?,30+/m1/s1. The van der Waals surface area contributed by atoms with Crippen LogP contribution in [-0.4, -0.2) is 48.6 Å². The minimum absolute atomic E-state index is 0.0660. The fourth-order valence-electron chi connectivity index (χ4n) is 6.66. The molecule has 36 heavy (non-hydrogen) atoms. The van der Waals surface area contributed by atoms with E-state index in [0.717, 1.165) is 35.7 Å². The van der Waals surface area contributed by atoms with Gasteiger partial charge in [0.1, 0.15) is 0 Å². The SMILES string of the molecule is CC1CCC(N2C[C@H]3CCN(c4ccc(NC(=O)c5ccc(COC6CCC6)cc5)cc4)[C@H]3C2)CC1. The zero-order chi connectivity index (χ0) is 24.5. The van der Waals surface area contributed by atoms with Crippen LogP contribution in [0.2, 0.25) is 0 Å². The van der Waals surface area contributed by atoms with E-state index in [1.165, 1.54) is 70.1 Å². The van der Waals surface area contributed by atoms with Crippen LogP contribution < -0.4 is 10.2 Å². The minimum atomic E-state index is -0.0660. The van der Waals surface area contributed by atoms with Gasteiger partial charge in [-0.15, -0.1) is 0 Å².